The fourth-order valence-electron chi connectivity index (χ4n) is 3.79. The van der Waals surface area contributed by atoms with Crippen LogP contribution in [0.25, 0.3) is 16.8 Å². The summed E-state index contributed by atoms with van der Waals surface area (Å²) in [6, 6.07) is 20.4. The van der Waals surface area contributed by atoms with Crippen molar-refractivity contribution in [3.8, 4) is 5.75 Å². The first-order valence-electron chi connectivity index (χ1n) is 11.2. The first kappa shape index (κ1) is 22.2. The molecule has 1 saturated heterocycles. The summed E-state index contributed by atoms with van der Waals surface area (Å²) in [7, 11) is 0. The molecule has 1 aliphatic rings. The highest BCUT2D eigenvalue weighted by molar-refractivity contribution is 8.18. The van der Waals surface area contributed by atoms with Crippen LogP contribution in [0.5, 0.6) is 5.75 Å². The molecule has 0 saturated carbocycles. The summed E-state index contributed by atoms with van der Waals surface area (Å²) in [4.78, 5) is 20.6. The maximum absolute atomic E-state index is 13.3. The third kappa shape index (κ3) is 4.44. The van der Waals surface area contributed by atoms with Crippen molar-refractivity contribution in [1.29, 1.82) is 0 Å². The Balaban J connectivity index is 1.79. The monoisotopic (exact) mass is 444 g/mol. The summed E-state index contributed by atoms with van der Waals surface area (Å²) in [5, 5.41) is 2.92. The molecule has 0 aromatic heterocycles. The maximum atomic E-state index is 13.3. The van der Waals surface area contributed by atoms with Crippen LogP contribution in [0.2, 0.25) is 0 Å². The summed E-state index contributed by atoms with van der Waals surface area (Å²) in [5.74, 6) is 0.788. The van der Waals surface area contributed by atoms with Crippen molar-refractivity contribution in [2.75, 3.05) is 13.2 Å². The van der Waals surface area contributed by atoms with Crippen LogP contribution in [0.4, 0.5) is 5.69 Å². The number of benzene rings is 3. The first-order chi connectivity index (χ1) is 15.7. The molecule has 1 fully saturated rings. The molecule has 0 N–H and O–H groups in total. The van der Waals surface area contributed by atoms with E-state index in [0.717, 1.165) is 45.8 Å². The minimum Gasteiger partial charge on any atom is -0.493 e. The highest BCUT2D eigenvalue weighted by Gasteiger charge is 2.32. The second kappa shape index (κ2) is 10.0. The number of rotatable bonds is 7. The van der Waals surface area contributed by atoms with Gasteiger partial charge in [-0.25, -0.2) is 4.99 Å². The summed E-state index contributed by atoms with van der Waals surface area (Å²) >= 11 is 1.43. The van der Waals surface area contributed by atoms with Crippen LogP contribution in [0.15, 0.2) is 70.6 Å². The summed E-state index contributed by atoms with van der Waals surface area (Å²) in [6.07, 6.45) is 3.79. The number of aliphatic imine (C=N–C) groups is 1. The lowest BCUT2D eigenvalue weighted by atomic mass is 10.0. The molecule has 0 bridgehead atoms. The molecule has 0 atom stereocenters. The molecule has 0 spiro atoms. The van der Waals surface area contributed by atoms with Gasteiger partial charge in [-0.1, -0.05) is 62.4 Å². The van der Waals surface area contributed by atoms with E-state index >= 15 is 0 Å². The van der Waals surface area contributed by atoms with E-state index in [1.54, 1.807) is 4.90 Å². The van der Waals surface area contributed by atoms with Crippen molar-refractivity contribution in [3.05, 3.63) is 76.7 Å². The lowest BCUT2D eigenvalue weighted by Crippen LogP contribution is -2.28. The molecule has 0 unspecified atom stereocenters. The fraction of sp³-hybridized carbons (Fsp3) is 0.259. The Morgan fingerprint density at radius 1 is 1.00 bits per heavy atom. The molecule has 3 aromatic carbocycles. The Morgan fingerprint density at radius 3 is 2.56 bits per heavy atom. The van der Waals surface area contributed by atoms with Gasteiger partial charge in [0, 0.05) is 12.1 Å². The number of amides is 1. The van der Waals surface area contributed by atoms with E-state index in [4.69, 9.17) is 9.73 Å². The van der Waals surface area contributed by atoms with Crippen LogP contribution in [0.1, 0.15) is 38.3 Å². The number of carbonyl (C=O) groups excluding carboxylic acids is 1. The Kier molecular flexibility index (Phi) is 6.96. The topological polar surface area (TPSA) is 41.9 Å². The van der Waals surface area contributed by atoms with Gasteiger partial charge in [-0.15, -0.1) is 0 Å². The third-order valence-electron chi connectivity index (χ3n) is 5.46. The Hall–Kier alpha value is -3.05. The number of para-hydroxylation sites is 1. The largest absolute Gasteiger partial charge is 0.493 e. The van der Waals surface area contributed by atoms with Gasteiger partial charge in [-0.3, -0.25) is 9.69 Å². The van der Waals surface area contributed by atoms with E-state index in [1.807, 2.05) is 49.4 Å². The summed E-state index contributed by atoms with van der Waals surface area (Å²) in [5.41, 5.74) is 3.03. The van der Waals surface area contributed by atoms with E-state index in [2.05, 4.69) is 38.1 Å². The Morgan fingerprint density at radius 2 is 1.78 bits per heavy atom. The zero-order chi connectivity index (χ0) is 22.5. The van der Waals surface area contributed by atoms with Gasteiger partial charge in [0.25, 0.3) is 5.91 Å². The van der Waals surface area contributed by atoms with Gasteiger partial charge < -0.3 is 4.74 Å². The predicted octanol–water partition coefficient (Wildman–Crippen LogP) is 6.81. The van der Waals surface area contributed by atoms with Gasteiger partial charge in [0.15, 0.2) is 5.17 Å². The van der Waals surface area contributed by atoms with E-state index in [1.165, 1.54) is 17.3 Å². The number of hydrogen-bond donors (Lipinski definition) is 0. The fourth-order valence-corrected chi connectivity index (χ4v) is 4.82. The van der Waals surface area contributed by atoms with Crippen LogP contribution < -0.4 is 4.74 Å². The molecule has 164 valence electrons. The molecular formula is C27H28N2O2S. The summed E-state index contributed by atoms with van der Waals surface area (Å²) < 4.78 is 6.04. The second-order valence-electron chi connectivity index (χ2n) is 7.58. The number of ether oxygens (including phenoxy) is 1. The first-order valence-corrected chi connectivity index (χ1v) is 12.0. The average molecular weight is 445 g/mol. The van der Waals surface area contributed by atoms with Gasteiger partial charge in [0.05, 0.1) is 17.2 Å². The smallest absolute Gasteiger partial charge is 0.266 e. The number of fused-ring (bicyclic) bond motifs is 1. The highest BCUT2D eigenvalue weighted by Crippen LogP contribution is 2.38. The highest BCUT2D eigenvalue weighted by atomic mass is 32.2. The van der Waals surface area contributed by atoms with Gasteiger partial charge in [0.2, 0.25) is 0 Å². The van der Waals surface area contributed by atoms with Crippen molar-refractivity contribution < 1.29 is 9.53 Å². The number of likely N-dealkylation sites (N-methyl/N-ethyl adjacent to an activating group) is 1. The molecule has 0 radical (unpaired) electrons. The number of carbonyl (C=O) groups is 1. The number of nitrogens with zero attached hydrogens (tertiary/aromatic N) is 2. The van der Waals surface area contributed by atoms with Crippen LogP contribution in [0, 0.1) is 0 Å². The van der Waals surface area contributed by atoms with Crippen molar-refractivity contribution in [1.82, 2.24) is 4.90 Å². The molecule has 0 aliphatic carbocycles. The quantitative estimate of drug-likeness (QED) is 0.376. The van der Waals surface area contributed by atoms with E-state index in [-0.39, 0.29) is 5.91 Å². The SMILES string of the molecule is CCCOc1ccc2ccccc2c1C=C1SC(=Nc2ccccc2CC)N(CC)C1=O. The zero-order valence-electron chi connectivity index (χ0n) is 18.8. The van der Waals surface area contributed by atoms with E-state index < -0.39 is 0 Å². The third-order valence-corrected chi connectivity index (χ3v) is 6.47. The van der Waals surface area contributed by atoms with E-state index in [9.17, 15) is 4.79 Å². The van der Waals surface area contributed by atoms with Crippen LogP contribution >= 0.6 is 11.8 Å². The molecule has 3 aromatic rings. The lowest BCUT2D eigenvalue weighted by molar-refractivity contribution is -0.122. The number of aryl methyl sites for hydroxylation is 1. The number of hydrogen-bond acceptors (Lipinski definition) is 4. The molecule has 5 heteroatoms. The van der Waals surface area contributed by atoms with Gasteiger partial charge in [-0.05, 0) is 66.1 Å². The summed E-state index contributed by atoms with van der Waals surface area (Å²) in [6.45, 7) is 7.40. The van der Waals surface area contributed by atoms with Crippen LogP contribution in [-0.4, -0.2) is 29.1 Å². The maximum Gasteiger partial charge on any atom is 0.266 e. The molecule has 1 aliphatic heterocycles. The average Bonchev–Trinajstić information content (AvgIpc) is 3.12. The van der Waals surface area contributed by atoms with Gasteiger partial charge in [-0.2, -0.15) is 0 Å². The Bertz CT molecular complexity index is 1200. The lowest BCUT2D eigenvalue weighted by Gasteiger charge is -2.13. The molecular weight excluding hydrogens is 416 g/mol. The normalized spacial score (nSPS) is 16.5. The minimum absolute atomic E-state index is 0.0143. The van der Waals surface area contributed by atoms with Crippen LogP contribution in [0.3, 0.4) is 0 Å². The van der Waals surface area contributed by atoms with E-state index in [0.29, 0.717) is 18.1 Å². The zero-order valence-corrected chi connectivity index (χ0v) is 19.6. The second-order valence-corrected chi connectivity index (χ2v) is 8.59. The van der Waals surface area contributed by atoms with Gasteiger partial charge >= 0.3 is 0 Å². The molecule has 32 heavy (non-hydrogen) atoms. The molecule has 1 heterocycles. The molecule has 1 amide bonds. The number of amidine groups is 1. The van der Waals surface area contributed by atoms with Crippen molar-refractivity contribution >= 4 is 45.4 Å². The molecule has 4 nitrogen and oxygen atoms in total. The standard InChI is InChI=1S/C27H28N2O2S/c1-4-17-31-24-16-15-20-12-7-9-13-21(20)22(24)18-25-26(30)29(6-3)27(32-25)28-23-14-10-8-11-19(23)5-2/h7-16,18H,4-6,17H2,1-3H3. The Labute approximate surface area is 194 Å². The van der Waals surface area contributed by atoms with Crippen molar-refractivity contribution in [3.63, 3.8) is 0 Å². The predicted molar refractivity (Wildman–Crippen MR) is 136 cm³/mol. The van der Waals surface area contributed by atoms with Crippen molar-refractivity contribution in [2.24, 2.45) is 4.99 Å². The number of thioether (sulfide) groups is 1. The van der Waals surface area contributed by atoms with Crippen LogP contribution in [-0.2, 0) is 11.2 Å². The van der Waals surface area contributed by atoms with Crippen molar-refractivity contribution in [2.45, 2.75) is 33.6 Å². The molecule has 4 rings (SSSR count). The van der Waals surface area contributed by atoms with Gasteiger partial charge in [0.1, 0.15) is 5.75 Å². The minimum atomic E-state index is -0.0143.